The topological polar surface area (TPSA) is 49.5 Å². The van der Waals surface area contributed by atoms with Crippen molar-refractivity contribution in [2.24, 2.45) is 5.73 Å². The van der Waals surface area contributed by atoms with Gasteiger partial charge in [-0.15, -0.1) is 0 Å². The van der Waals surface area contributed by atoms with Crippen molar-refractivity contribution in [2.45, 2.75) is 6.04 Å². The van der Waals surface area contributed by atoms with Crippen LogP contribution in [0, 0.1) is 0 Å². The Hall–Kier alpha value is -1.49. The summed E-state index contributed by atoms with van der Waals surface area (Å²) in [6.07, 6.45) is 0. The highest BCUT2D eigenvalue weighted by atomic mass is 32.1. The Balaban J connectivity index is 2.53. The first-order valence-electron chi connectivity index (χ1n) is 6.23. The molecule has 0 aliphatic rings. The van der Waals surface area contributed by atoms with Gasteiger partial charge in [0.05, 0.1) is 17.6 Å². The zero-order chi connectivity index (χ0) is 13.8. The minimum absolute atomic E-state index is 0.0837. The van der Waals surface area contributed by atoms with Crippen molar-refractivity contribution in [3.8, 4) is 0 Å². The van der Waals surface area contributed by atoms with Gasteiger partial charge in [0.25, 0.3) is 0 Å². The molecule has 2 aromatic carbocycles. The number of benzene rings is 2. The molecule has 0 aliphatic heterocycles. The molecule has 0 spiro atoms. The quantitative estimate of drug-likeness (QED) is 0.820. The van der Waals surface area contributed by atoms with E-state index in [4.69, 9.17) is 23.1 Å². The van der Waals surface area contributed by atoms with Crippen molar-refractivity contribution in [3.63, 3.8) is 0 Å². The molecule has 0 bridgehead atoms. The van der Waals surface area contributed by atoms with E-state index in [0.717, 1.165) is 10.9 Å². The number of aliphatic hydroxyl groups is 1. The minimum atomic E-state index is -0.159. The maximum absolute atomic E-state index is 9.10. The zero-order valence-corrected chi connectivity index (χ0v) is 11.7. The van der Waals surface area contributed by atoms with Crippen LogP contribution in [0.2, 0.25) is 0 Å². The van der Waals surface area contributed by atoms with Gasteiger partial charge in [-0.3, -0.25) is 4.90 Å². The van der Waals surface area contributed by atoms with E-state index in [2.05, 4.69) is 18.2 Å². The average molecular weight is 274 g/mol. The van der Waals surface area contributed by atoms with Gasteiger partial charge in [-0.2, -0.15) is 0 Å². The van der Waals surface area contributed by atoms with Gasteiger partial charge < -0.3 is 10.8 Å². The Morgan fingerprint density at radius 2 is 1.95 bits per heavy atom. The van der Waals surface area contributed by atoms with Crippen LogP contribution in [-0.4, -0.2) is 35.2 Å². The van der Waals surface area contributed by atoms with Gasteiger partial charge in [-0.25, -0.2) is 0 Å². The first-order chi connectivity index (χ1) is 9.15. The van der Waals surface area contributed by atoms with Crippen LogP contribution < -0.4 is 5.73 Å². The molecule has 1 unspecified atom stereocenters. The van der Waals surface area contributed by atoms with Gasteiger partial charge in [0.2, 0.25) is 0 Å². The Morgan fingerprint density at radius 1 is 1.26 bits per heavy atom. The van der Waals surface area contributed by atoms with Gasteiger partial charge >= 0.3 is 0 Å². The molecular weight excluding hydrogens is 256 g/mol. The SMILES string of the molecule is CN(CCO)C(C(N)=S)c1cccc2ccccc12. The van der Waals surface area contributed by atoms with Crippen LogP contribution in [0.1, 0.15) is 11.6 Å². The molecule has 0 radical (unpaired) electrons. The van der Waals surface area contributed by atoms with Crippen molar-refractivity contribution in [1.82, 2.24) is 4.90 Å². The molecule has 0 fully saturated rings. The molecule has 0 saturated heterocycles. The Morgan fingerprint density at radius 3 is 2.63 bits per heavy atom. The zero-order valence-electron chi connectivity index (χ0n) is 10.9. The van der Waals surface area contributed by atoms with Crippen LogP contribution in [0.5, 0.6) is 0 Å². The van der Waals surface area contributed by atoms with Crippen LogP contribution in [0.3, 0.4) is 0 Å². The number of thiocarbonyl (C=S) groups is 1. The lowest BCUT2D eigenvalue weighted by molar-refractivity contribution is 0.208. The summed E-state index contributed by atoms with van der Waals surface area (Å²) in [7, 11) is 1.92. The molecule has 3 nitrogen and oxygen atoms in total. The van der Waals surface area contributed by atoms with Crippen LogP contribution in [0.25, 0.3) is 10.8 Å². The number of hydrogen-bond acceptors (Lipinski definition) is 3. The highest BCUT2D eigenvalue weighted by Crippen LogP contribution is 2.27. The van der Waals surface area contributed by atoms with Gasteiger partial charge in [0.15, 0.2) is 0 Å². The van der Waals surface area contributed by atoms with E-state index < -0.39 is 0 Å². The second-order valence-electron chi connectivity index (χ2n) is 4.58. The van der Waals surface area contributed by atoms with E-state index in [0.29, 0.717) is 11.5 Å². The monoisotopic (exact) mass is 274 g/mol. The molecule has 0 saturated carbocycles. The number of fused-ring (bicyclic) bond motifs is 1. The standard InChI is InChI=1S/C15H18N2OS/c1-17(9-10-18)14(15(16)19)13-8-4-6-11-5-2-3-7-12(11)13/h2-8,14,18H,9-10H2,1H3,(H2,16,19). The summed E-state index contributed by atoms with van der Waals surface area (Å²) in [4.78, 5) is 2.40. The molecule has 0 aromatic heterocycles. The highest BCUT2D eigenvalue weighted by molar-refractivity contribution is 7.80. The Labute approximate surface area is 118 Å². The molecule has 19 heavy (non-hydrogen) atoms. The molecule has 100 valence electrons. The van der Waals surface area contributed by atoms with Crippen LogP contribution >= 0.6 is 12.2 Å². The second kappa shape index (κ2) is 6.10. The lowest BCUT2D eigenvalue weighted by Crippen LogP contribution is -2.36. The summed E-state index contributed by atoms with van der Waals surface area (Å²) in [5.74, 6) is 0. The van der Waals surface area contributed by atoms with E-state index in [1.807, 2.05) is 36.2 Å². The Bertz CT molecular complexity index is 580. The van der Waals surface area contributed by atoms with E-state index in [-0.39, 0.29) is 12.6 Å². The summed E-state index contributed by atoms with van der Waals surface area (Å²) in [5, 5.41) is 11.4. The number of hydrogen-bond donors (Lipinski definition) is 2. The fourth-order valence-electron chi connectivity index (χ4n) is 2.38. The van der Waals surface area contributed by atoms with Crippen molar-refractivity contribution >= 4 is 28.0 Å². The molecule has 1 atom stereocenters. The molecule has 0 heterocycles. The Kier molecular flexibility index (Phi) is 4.47. The molecule has 0 amide bonds. The third-order valence-electron chi connectivity index (χ3n) is 3.28. The van der Waals surface area contributed by atoms with Gasteiger partial charge in [0.1, 0.15) is 0 Å². The van der Waals surface area contributed by atoms with Crippen molar-refractivity contribution < 1.29 is 5.11 Å². The third-order valence-corrected chi connectivity index (χ3v) is 3.50. The first-order valence-corrected chi connectivity index (χ1v) is 6.64. The van der Waals surface area contributed by atoms with Crippen LogP contribution in [-0.2, 0) is 0 Å². The summed E-state index contributed by atoms with van der Waals surface area (Å²) in [5.41, 5.74) is 6.98. The van der Waals surface area contributed by atoms with E-state index in [9.17, 15) is 0 Å². The maximum Gasteiger partial charge on any atom is 0.0948 e. The van der Waals surface area contributed by atoms with Crippen molar-refractivity contribution in [3.05, 3.63) is 48.0 Å². The predicted octanol–water partition coefficient (Wildman–Crippen LogP) is 2.09. The largest absolute Gasteiger partial charge is 0.395 e. The number of likely N-dealkylation sites (N-methyl/N-ethyl adjacent to an activating group) is 1. The van der Waals surface area contributed by atoms with Gasteiger partial charge in [0, 0.05) is 6.54 Å². The molecular formula is C15H18N2OS. The molecule has 3 N–H and O–H groups in total. The number of rotatable bonds is 5. The van der Waals surface area contributed by atoms with Crippen LogP contribution in [0.4, 0.5) is 0 Å². The molecule has 0 aliphatic carbocycles. The smallest absolute Gasteiger partial charge is 0.0948 e. The number of aliphatic hydroxyl groups excluding tert-OH is 1. The fourth-order valence-corrected chi connectivity index (χ4v) is 2.69. The van der Waals surface area contributed by atoms with Crippen LogP contribution in [0.15, 0.2) is 42.5 Å². The predicted molar refractivity (Wildman–Crippen MR) is 83.2 cm³/mol. The molecule has 4 heteroatoms. The number of nitrogens with two attached hydrogens (primary N) is 1. The summed E-state index contributed by atoms with van der Waals surface area (Å²) >= 11 is 5.21. The fraction of sp³-hybridized carbons (Fsp3) is 0.267. The highest BCUT2D eigenvalue weighted by Gasteiger charge is 2.21. The lowest BCUT2D eigenvalue weighted by atomic mass is 9.98. The van der Waals surface area contributed by atoms with E-state index in [1.54, 1.807) is 0 Å². The maximum atomic E-state index is 9.10. The van der Waals surface area contributed by atoms with Gasteiger partial charge in [-0.05, 0) is 23.4 Å². The third kappa shape index (κ3) is 2.92. The summed E-state index contributed by atoms with van der Waals surface area (Å²) < 4.78 is 0. The van der Waals surface area contributed by atoms with Crippen molar-refractivity contribution in [2.75, 3.05) is 20.2 Å². The average Bonchev–Trinajstić information content (AvgIpc) is 2.39. The molecule has 2 rings (SSSR count). The second-order valence-corrected chi connectivity index (χ2v) is 5.05. The lowest BCUT2D eigenvalue weighted by Gasteiger charge is -2.27. The first kappa shape index (κ1) is 13.9. The van der Waals surface area contributed by atoms with E-state index in [1.165, 1.54) is 5.39 Å². The minimum Gasteiger partial charge on any atom is -0.395 e. The summed E-state index contributed by atoms with van der Waals surface area (Å²) in [6, 6.07) is 14.1. The normalized spacial score (nSPS) is 12.8. The van der Waals surface area contributed by atoms with E-state index >= 15 is 0 Å². The summed E-state index contributed by atoms with van der Waals surface area (Å²) in [6.45, 7) is 0.617. The van der Waals surface area contributed by atoms with Crippen molar-refractivity contribution in [1.29, 1.82) is 0 Å². The molecule has 2 aromatic rings. The number of nitrogens with zero attached hydrogens (tertiary/aromatic N) is 1. The van der Waals surface area contributed by atoms with Gasteiger partial charge in [-0.1, -0.05) is 54.7 Å².